The number of nitrogens with one attached hydrogen (secondary N) is 1. The molecule has 1 unspecified atom stereocenters. The minimum Gasteiger partial charge on any atom is -0.493 e. The number of carbonyl (C=O) groups is 1. The maximum atomic E-state index is 11.6. The molecular weight excluding hydrogens is 292 g/mol. The Morgan fingerprint density at radius 2 is 1.81 bits per heavy atom. The van der Waals surface area contributed by atoms with Crippen molar-refractivity contribution in [2.75, 3.05) is 7.11 Å². The Kier molecular flexibility index (Phi) is 8.14. The summed E-state index contributed by atoms with van der Waals surface area (Å²) in [5.74, 6) is 1.16. The fourth-order valence-electron chi connectivity index (χ4n) is 1.73. The summed E-state index contributed by atoms with van der Waals surface area (Å²) < 4.78 is 11.0. The van der Waals surface area contributed by atoms with Gasteiger partial charge in [-0.25, -0.2) is 0 Å². The molecule has 1 amide bonds. The average Bonchev–Trinajstić information content (AvgIpc) is 2.38. The van der Waals surface area contributed by atoms with Gasteiger partial charge in [-0.05, 0) is 45.4 Å². The highest BCUT2D eigenvalue weighted by Crippen LogP contribution is 2.31. The Hall–Kier alpha value is -1.46. The maximum Gasteiger partial charge on any atom is 0.237 e. The first-order valence-electron chi connectivity index (χ1n) is 6.75. The van der Waals surface area contributed by atoms with Crippen molar-refractivity contribution < 1.29 is 14.3 Å². The molecule has 0 radical (unpaired) electrons. The van der Waals surface area contributed by atoms with Crippen molar-refractivity contribution in [1.29, 1.82) is 0 Å². The monoisotopic (exact) mass is 316 g/mol. The number of hydrogen-bond acceptors (Lipinski definition) is 4. The zero-order valence-electron chi connectivity index (χ0n) is 13.2. The standard InChI is InChI=1S/C15H24N2O3.ClH/c1-9(2)20-13-7-6-12(8-14(13)19-5)11(4)17-15(18)10(3)16;/h6-11H,16H2,1-5H3,(H,17,18);1H/t10-,11?;/m1./s1. The summed E-state index contributed by atoms with van der Waals surface area (Å²) in [6, 6.07) is 4.96. The van der Waals surface area contributed by atoms with Gasteiger partial charge in [-0.15, -0.1) is 12.4 Å². The van der Waals surface area contributed by atoms with Gasteiger partial charge in [0.1, 0.15) is 0 Å². The van der Waals surface area contributed by atoms with Gasteiger partial charge in [0.15, 0.2) is 11.5 Å². The second-order valence-corrected chi connectivity index (χ2v) is 5.10. The molecule has 1 aromatic rings. The fraction of sp³-hybridized carbons (Fsp3) is 0.533. The third-order valence-corrected chi connectivity index (χ3v) is 2.82. The van der Waals surface area contributed by atoms with E-state index >= 15 is 0 Å². The molecule has 120 valence electrons. The molecule has 0 aliphatic carbocycles. The summed E-state index contributed by atoms with van der Waals surface area (Å²) >= 11 is 0. The van der Waals surface area contributed by atoms with Gasteiger partial charge in [-0.2, -0.15) is 0 Å². The van der Waals surface area contributed by atoms with Gasteiger partial charge < -0.3 is 20.5 Å². The molecular formula is C15H25ClN2O3. The van der Waals surface area contributed by atoms with Crippen LogP contribution in [0.1, 0.15) is 39.3 Å². The normalized spacial score (nSPS) is 13.1. The highest BCUT2D eigenvalue weighted by Gasteiger charge is 2.15. The van der Waals surface area contributed by atoms with Gasteiger partial charge in [-0.1, -0.05) is 6.07 Å². The smallest absolute Gasteiger partial charge is 0.237 e. The van der Waals surface area contributed by atoms with Crippen molar-refractivity contribution in [3.05, 3.63) is 23.8 Å². The molecule has 3 N–H and O–H groups in total. The summed E-state index contributed by atoms with van der Waals surface area (Å²) in [5, 5.41) is 2.85. The molecule has 0 aliphatic rings. The van der Waals surface area contributed by atoms with Crippen molar-refractivity contribution in [3.8, 4) is 11.5 Å². The van der Waals surface area contributed by atoms with E-state index in [1.54, 1.807) is 14.0 Å². The molecule has 1 rings (SSSR count). The number of halogens is 1. The Morgan fingerprint density at radius 1 is 1.19 bits per heavy atom. The van der Waals surface area contributed by atoms with Gasteiger partial charge in [0.2, 0.25) is 5.91 Å². The second kappa shape index (κ2) is 8.74. The predicted molar refractivity (Wildman–Crippen MR) is 86.2 cm³/mol. The highest BCUT2D eigenvalue weighted by atomic mass is 35.5. The minimum atomic E-state index is -0.525. The molecule has 1 aromatic carbocycles. The molecule has 0 saturated carbocycles. The molecule has 0 heterocycles. The van der Waals surface area contributed by atoms with Crippen LogP contribution in [0, 0.1) is 0 Å². The molecule has 0 fully saturated rings. The van der Waals surface area contributed by atoms with Crippen LogP contribution < -0.4 is 20.5 Å². The van der Waals surface area contributed by atoms with Crippen LogP contribution >= 0.6 is 12.4 Å². The van der Waals surface area contributed by atoms with Crippen molar-refractivity contribution in [1.82, 2.24) is 5.32 Å². The molecule has 0 aliphatic heterocycles. The number of rotatable bonds is 6. The maximum absolute atomic E-state index is 11.6. The van der Waals surface area contributed by atoms with Gasteiger partial charge in [0, 0.05) is 0 Å². The van der Waals surface area contributed by atoms with E-state index in [1.807, 2.05) is 39.0 Å². The van der Waals surface area contributed by atoms with Crippen LogP contribution in [0.15, 0.2) is 18.2 Å². The number of methoxy groups -OCH3 is 1. The first kappa shape index (κ1) is 19.5. The van der Waals surface area contributed by atoms with E-state index < -0.39 is 6.04 Å². The lowest BCUT2D eigenvalue weighted by Gasteiger charge is -2.19. The molecule has 0 spiro atoms. The van der Waals surface area contributed by atoms with E-state index in [2.05, 4.69) is 5.32 Å². The average molecular weight is 317 g/mol. The van der Waals surface area contributed by atoms with E-state index in [1.165, 1.54) is 0 Å². The molecule has 0 bridgehead atoms. The number of benzene rings is 1. The van der Waals surface area contributed by atoms with E-state index in [9.17, 15) is 4.79 Å². The van der Waals surface area contributed by atoms with Gasteiger partial charge in [0.05, 0.1) is 25.3 Å². The van der Waals surface area contributed by atoms with Crippen LogP contribution in [-0.4, -0.2) is 25.2 Å². The topological polar surface area (TPSA) is 73.6 Å². The summed E-state index contributed by atoms with van der Waals surface area (Å²) in [7, 11) is 1.59. The lowest BCUT2D eigenvalue weighted by Crippen LogP contribution is -2.39. The number of carbonyl (C=O) groups excluding carboxylic acids is 1. The van der Waals surface area contributed by atoms with E-state index in [0.29, 0.717) is 11.5 Å². The highest BCUT2D eigenvalue weighted by molar-refractivity contribution is 5.85. The summed E-state index contributed by atoms with van der Waals surface area (Å²) in [6.45, 7) is 7.47. The largest absolute Gasteiger partial charge is 0.493 e. The van der Waals surface area contributed by atoms with Crippen LogP contribution in [0.25, 0.3) is 0 Å². The Balaban J connectivity index is 0.00000400. The zero-order valence-corrected chi connectivity index (χ0v) is 14.0. The minimum absolute atomic E-state index is 0. The van der Waals surface area contributed by atoms with Crippen LogP contribution in [0.4, 0.5) is 0 Å². The first-order valence-corrected chi connectivity index (χ1v) is 6.75. The van der Waals surface area contributed by atoms with Gasteiger partial charge >= 0.3 is 0 Å². The number of hydrogen-bond donors (Lipinski definition) is 2. The van der Waals surface area contributed by atoms with E-state index in [-0.39, 0.29) is 30.5 Å². The Labute approximate surface area is 132 Å². The number of amides is 1. The summed E-state index contributed by atoms with van der Waals surface area (Å²) in [5.41, 5.74) is 6.48. The molecule has 0 aromatic heterocycles. The second-order valence-electron chi connectivity index (χ2n) is 5.10. The Morgan fingerprint density at radius 3 is 2.29 bits per heavy atom. The van der Waals surface area contributed by atoms with Crippen molar-refractivity contribution in [3.63, 3.8) is 0 Å². The number of nitrogens with two attached hydrogens (primary N) is 1. The van der Waals surface area contributed by atoms with Crippen LogP contribution in [0.3, 0.4) is 0 Å². The molecule has 21 heavy (non-hydrogen) atoms. The van der Waals surface area contributed by atoms with Gasteiger partial charge in [-0.3, -0.25) is 4.79 Å². The number of ether oxygens (including phenoxy) is 2. The van der Waals surface area contributed by atoms with Crippen LogP contribution in [-0.2, 0) is 4.79 Å². The van der Waals surface area contributed by atoms with E-state index in [0.717, 1.165) is 5.56 Å². The molecule has 5 nitrogen and oxygen atoms in total. The predicted octanol–water partition coefficient (Wildman–Crippen LogP) is 2.43. The van der Waals surface area contributed by atoms with Crippen LogP contribution in [0.5, 0.6) is 11.5 Å². The zero-order chi connectivity index (χ0) is 15.3. The first-order chi connectivity index (χ1) is 9.35. The third kappa shape index (κ3) is 5.81. The SMILES string of the molecule is COc1cc(C(C)NC(=O)[C@@H](C)N)ccc1OC(C)C.Cl. The quantitative estimate of drug-likeness (QED) is 0.845. The third-order valence-electron chi connectivity index (χ3n) is 2.82. The Bertz CT molecular complexity index is 464. The molecule has 2 atom stereocenters. The van der Waals surface area contributed by atoms with Gasteiger partial charge in [0.25, 0.3) is 0 Å². The molecule has 0 saturated heterocycles. The fourth-order valence-corrected chi connectivity index (χ4v) is 1.73. The van der Waals surface area contributed by atoms with Crippen molar-refractivity contribution in [2.45, 2.75) is 45.9 Å². The summed E-state index contributed by atoms with van der Waals surface area (Å²) in [6.07, 6.45) is 0.0740. The molecule has 6 heteroatoms. The lowest BCUT2D eigenvalue weighted by molar-refractivity contribution is -0.122. The van der Waals surface area contributed by atoms with Crippen molar-refractivity contribution >= 4 is 18.3 Å². The van der Waals surface area contributed by atoms with E-state index in [4.69, 9.17) is 15.2 Å². The summed E-state index contributed by atoms with van der Waals surface area (Å²) in [4.78, 5) is 11.6. The van der Waals surface area contributed by atoms with Crippen LogP contribution in [0.2, 0.25) is 0 Å². The lowest BCUT2D eigenvalue weighted by atomic mass is 10.1. The van der Waals surface area contributed by atoms with Crippen molar-refractivity contribution in [2.24, 2.45) is 5.73 Å².